The van der Waals surface area contributed by atoms with Gasteiger partial charge in [0.2, 0.25) is 0 Å². The van der Waals surface area contributed by atoms with E-state index in [0.717, 1.165) is 17.0 Å². The average Bonchev–Trinajstić information content (AvgIpc) is 2.23. The van der Waals surface area contributed by atoms with Gasteiger partial charge in [0.25, 0.3) is 0 Å². The van der Waals surface area contributed by atoms with E-state index in [2.05, 4.69) is 15.4 Å². The molecule has 6 heteroatoms. The van der Waals surface area contributed by atoms with Crippen molar-refractivity contribution in [2.24, 2.45) is 10.9 Å². The van der Waals surface area contributed by atoms with Crippen LogP contribution in [0.25, 0.3) is 0 Å². The van der Waals surface area contributed by atoms with Crippen molar-refractivity contribution in [2.75, 3.05) is 5.75 Å². The van der Waals surface area contributed by atoms with Gasteiger partial charge >= 0.3 is 0 Å². The van der Waals surface area contributed by atoms with E-state index in [1.54, 1.807) is 0 Å². The second-order valence-electron chi connectivity index (χ2n) is 3.01. The number of nitrogens with zero attached hydrogens (tertiary/aromatic N) is 3. The number of hydrogen-bond acceptors (Lipinski definition) is 5. The van der Waals surface area contributed by atoms with E-state index in [1.165, 1.54) is 11.8 Å². The molecule has 1 heterocycles. The van der Waals surface area contributed by atoms with Gasteiger partial charge in [0.05, 0.1) is 11.3 Å². The van der Waals surface area contributed by atoms with Gasteiger partial charge in [-0.2, -0.15) is 5.10 Å². The summed E-state index contributed by atoms with van der Waals surface area (Å²) in [6, 6.07) is 0. The fourth-order valence-electron chi connectivity index (χ4n) is 1.18. The average molecular weight is 226 g/mol. The molecule has 0 fully saturated rings. The molecule has 0 saturated heterocycles. The van der Waals surface area contributed by atoms with Crippen molar-refractivity contribution < 1.29 is 5.21 Å². The maximum absolute atomic E-state index is 8.70. The van der Waals surface area contributed by atoms with E-state index < -0.39 is 0 Å². The molecule has 1 aromatic heterocycles. The smallest absolute Gasteiger partial charge is 0.173 e. The van der Waals surface area contributed by atoms with Crippen molar-refractivity contribution >= 4 is 17.6 Å². The van der Waals surface area contributed by atoms with Gasteiger partial charge in [0.15, 0.2) is 5.84 Å². The zero-order valence-electron chi connectivity index (χ0n) is 8.98. The van der Waals surface area contributed by atoms with Gasteiger partial charge in [-0.15, -0.1) is 16.9 Å². The number of amidine groups is 1. The summed E-state index contributed by atoms with van der Waals surface area (Å²) in [7, 11) is 0. The molecule has 0 unspecified atom stereocenters. The van der Waals surface area contributed by atoms with Gasteiger partial charge in [0.1, 0.15) is 5.03 Å². The Labute approximate surface area is 92.8 Å². The lowest BCUT2D eigenvalue weighted by Crippen LogP contribution is -2.18. The van der Waals surface area contributed by atoms with Gasteiger partial charge in [-0.1, -0.05) is 12.1 Å². The zero-order valence-corrected chi connectivity index (χ0v) is 9.80. The molecule has 0 aliphatic carbocycles. The first-order valence-electron chi connectivity index (χ1n) is 4.56. The van der Waals surface area contributed by atoms with Crippen molar-refractivity contribution in [2.45, 2.75) is 25.8 Å². The Morgan fingerprint density at radius 3 is 2.67 bits per heavy atom. The van der Waals surface area contributed by atoms with Crippen molar-refractivity contribution in [3.8, 4) is 0 Å². The SMILES string of the molecule is CCSc1nnc(C)c(C)c1/C(N)=N/O. The first kappa shape index (κ1) is 11.8. The number of rotatable bonds is 3. The van der Waals surface area contributed by atoms with Crippen molar-refractivity contribution in [3.05, 3.63) is 16.8 Å². The van der Waals surface area contributed by atoms with Crippen LogP contribution in [0.2, 0.25) is 0 Å². The molecule has 15 heavy (non-hydrogen) atoms. The lowest BCUT2D eigenvalue weighted by molar-refractivity contribution is 0.318. The van der Waals surface area contributed by atoms with Gasteiger partial charge in [-0.25, -0.2) is 0 Å². The Balaban J connectivity index is 3.35. The van der Waals surface area contributed by atoms with Gasteiger partial charge in [-0.3, -0.25) is 0 Å². The number of oxime groups is 1. The molecule has 0 aromatic carbocycles. The molecule has 1 aromatic rings. The molecular formula is C9H14N4OS. The number of aromatic nitrogens is 2. The highest BCUT2D eigenvalue weighted by Crippen LogP contribution is 2.23. The molecular weight excluding hydrogens is 212 g/mol. The molecule has 3 N–H and O–H groups in total. The Morgan fingerprint density at radius 1 is 1.47 bits per heavy atom. The number of hydrogen-bond donors (Lipinski definition) is 2. The number of nitrogens with two attached hydrogens (primary N) is 1. The normalized spacial score (nSPS) is 11.8. The van der Waals surface area contributed by atoms with Crippen LogP contribution in [0.3, 0.4) is 0 Å². The fourth-order valence-corrected chi connectivity index (χ4v) is 1.95. The van der Waals surface area contributed by atoms with Crippen LogP contribution < -0.4 is 5.73 Å². The zero-order chi connectivity index (χ0) is 11.4. The minimum atomic E-state index is 0.0847. The number of aryl methyl sites for hydroxylation is 1. The van der Waals surface area contributed by atoms with E-state index in [-0.39, 0.29) is 5.84 Å². The van der Waals surface area contributed by atoms with Crippen LogP contribution in [-0.2, 0) is 0 Å². The molecule has 1 rings (SSSR count). The Morgan fingerprint density at radius 2 is 2.13 bits per heavy atom. The van der Waals surface area contributed by atoms with Crippen LogP contribution in [-0.4, -0.2) is 27.0 Å². The van der Waals surface area contributed by atoms with Crippen LogP contribution in [0, 0.1) is 13.8 Å². The van der Waals surface area contributed by atoms with Crippen LogP contribution in [0.15, 0.2) is 10.2 Å². The molecule has 82 valence electrons. The molecule has 0 bridgehead atoms. The first-order valence-corrected chi connectivity index (χ1v) is 5.55. The second kappa shape index (κ2) is 4.97. The van der Waals surface area contributed by atoms with Crippen LogP contribution in [0.4, 0.5) is 0 Å². The summed E-state index contributed by atoms with van der Waals surface area (Å²) in [6.45, 7) is 5.74. The summed E-state index contributed by atoms with van der Waals surface area (Å²) in [6.07, 6.45) is 0. The topological polar surface area (TPSA) is 84.4 Å². The highest BCUT2D eigenvalue weighted by atomic mass is 32.2. The summed E-state index contributed by atoms with van der Waals surface area (Å²) >= 11 is 1.52. The van der Waals surface area contributed by atoms with Crippen molar-refractivity contribution in [1.82, 2.24) is 10.2 Å². The lowest BCUT2D eigenvalue weighted by atomic mass is 10.1. The summed E-state index contributed by atoms with van der Waals surface area (Å²) in [5, 5.41) is 20.5. The summed E-state index contributed by atoms with van der Waals surface area (Å²) in [5.74, 6) is 0.949. The molecule has 0 spiro atoms. The summed E-state index contributed by atoms with van der Waals surface area (Å²) in [4.78, 5) is 0. The van der Waals surface area contributed by atoms with Crippen LogP contribution >= 0.6 is 11.8 Å². The fraction of sp³-hybridized carbons (Fsp3) is 0.444. The molecule has 5 nitrogen and oxygen atoms in total. The summed E-state index contributed by atoms with van der Waals surface area (Å²) < 4.78 is 0. The molecule has 0 atom stereocenters. The van der Waals surface area contributed by atoms with Crippen LogP contribution in [0.5, 0.6) is 0 Å². The summed E-state index contributed by atoms with van der Waals surface area (Å²) in [5.41, 5.74) is 7.98. The highest BCUT2D eigenvalue weighted by molar-refractivity contribution is 7.99. The third-order valence-electron chi connectivity index (χ3n) is 2.07. The van der Waals surface area contributed by atoms with Crippen molar-refractivity contribution in [1.29, 1.82) is 0 Å². The third-order valence-corrected chi connectivity index (χ3v) is 2.92. The van der Waals surface area contributed by atoms with Crippen LogP contribution in [0.1, 0.15) is 23.7 Å². The third kappa shape index (κ3) is 2.38. The molecule has 0 amide bonds. The van der Waals surface area contributed by atoms with Gasteiger partial charge < -0.3 is 10.9 Å². The van der Waals surface area contributed by atoms with E-state index in [1.807, 2.05) is 20.8 Å². The largest absolute Gasteiger partial charge is 0.409 e. The Hall–Kier alpha value is -1.30. The van der Waals surface area contributed by atoms with Gasteiger partial charge in [-0.05, 0) is 25.2 Å². The Bertz CT molecular complexity index is 392. The quantitative estimate of drug-likeness (QED) is 0.267. The molecule has 0 aliphatic heterocycles. The van der Waals surface area contributed by atoms with Crippen molar-refractivity contribution in [3.63, 3.8) is 0 Å². The number of thioether (sulfide) groups is 1. The maximum Gasteiger partial charge on any atom is 0.173 e. The van der Waals surface area contributed by atoms with E-state index in [4.69, 9.17) is 10.9 Å². The van der Waals surface area contributed by atoms with E-state index >= 15 is 0 Å². The van der Waals surface area contributed by atoms with E-state index in [9.17, 15) is 0 Å². The van der Waals surface area contributed by atoms with E-state index in [0.29, 0.717) is 10.6 Å². The predicted molar refractivity (Wildman–Crippen MR) is 60.4 cm³/mol. The molecule has 0 aliphatic rings. The minimum absolute atomic E-state index is 0.0847. The molecule has 0 saturated carbocycles. The minimum Gasteiger partial charge on any atom is -0.409 e. The first-order chi connectivity index (χ1) is 7.11. The van der Waals surface area contributed by atoms with Gasteiger partial charge in [0, 0.05) is 0 Å². The lowest BCUT2D eigenvalue weighted by Gasteiger charge is -2.09. The monoisotopic (exact) mass is 226 g/mol. The highest BCUT2D eigenvalue weighted by Gasteiger charge is 2.14. The second-order valence-corrected chi connectivity index (χ2v) is 4.26. The predicted octanol–water partition coefficient (Wildman–Crippen LogP) is 1.30. The molecule has 0 radical (unpaired) electrons. The standard InChI is InChI=1S/C9H14N4OS/c1-4-15-9-7(8(10)13-14)5(2)6(3)11-12-9/h14H,4H2,1-3H3,(H2,10,13). The Kier molecular flexibility index (Phi) is 3.90. The maximum atomic E-state index is 8.70.